The molecule has 3 aromatic heterocycles. The topological polar surface area (TPSA) is 93.4 Å². The van der Waals surface area contributed by atoms with Gasteiger partial charge in [0, 0.05) is 25.4 Å². The van der Waals surface area contributed by atoms with Crippen LogP contribution in [0.5, 0.6) is 0 Å². The van der Waals surface area contributed by atoms with Gasteiger partial charge in [-0.3, -0.25) is 14.5 Å². The van der Waals surface area contributed by atoms with Gasteiger partial charge in [0.15, 0.2) is 10.9 Å². The van der Waals surface area contributed by atoms with Crippen molar-refractivity contribution in [2.45, 2.75) is 32.7 Å². The van der Waals surface area contributed by atoms with Gasteiger partial charge in [-0.2, -0.15) is 4.98 Å². The Morgan fingerprint density at radius 1 is 1.33 bits per heavy atom. The highest BCUT2D eigenvalue weighted by Gasteiger charge is 2.38. The van der Waals surface area contributed by atoms with Gasteiger partial charge >= 0.3 is 0 Å². The summed E-state index contributed by atoms with van der Waals surface area (Å²) in [7, 11) is 0. The van der Waals surface area contributed by atoms with Gasteiger partial charge in [0.1, 0.15) is 0 Å². The van der Waals surface area contributed by atoms with Crippen LogP contribution in [0.3, 0.4) is 0 Å². The molecule has 3 aromatic rings. The number of Topliss-reactive ketones (excluding diaryl/α,β-unsaturated/α-hetero) is 1. The Bertz CT molecular complexity index is 925. The fourth-order valence-corrected chi connectivity index (χ4v) is 3.52. The number of anilines is 1. The summed E-state index contributed by atoms with van der Waals surface area (Å²) in [6.45, 7) is 3.28. The van der Waals surface area contributed by atoms with Crippen molar-refractivity contribution in [3.8, 4) is 0 Å². The molecule has 1 saturated carbocycles. The summed E-state index contributed by atoms with van der Waals surface area (Å²) in [5.41, 5.74) is 0.644. The summed E-state index contributed by atoms with van der Waals surface area (Å²) in [6, 6.07) is 1.81. The predicted molar refractivity (Wildman–Crippen MR) is 87.5 cm³/mol. The second kappa shape index (κ2) is 5.45. The third-order valence-corrected chi connectivity index (χ3v) is 5.01. The average Bonchev–Trinajstić information content (AvgIpc) is 3.15. The fourth-order valence-electron chi connectivity index (χ4n) is 2.48. The van der Waals surface area contributed by atoms with E-state index in [4.69, 9.17) is 0 Å². The molecule has 0 N–H and O–H groups in total. The van der Waals surface area contributed by atoms with Crippen molar-refractivity contribution in [1.29, 1.82) is 0 Å². The molecule has 24 heavy (non-hydrogen) atoms. The van der Waals surface area contributed by atoms with E-state index in [0.29, 0.717) is 21.5 Å². The van der Waals surface area contributed by atoms with Crippen molar-refractivity contribution in [3.63, 3.8) is 0 Å². The van der Waals surface area contributed by atoms with Crippen LogP contribution in [-0.4, -0.2) is 42.3 Å². The molecule has 0 bridgehead atoms. The predicted octanol–water partition coefficient (Wildman–Crippen LogP) is 1.90. The lowest BCUT2D eigenvalue weighted by Crippen LogP contribution is -2.33. The van der Waals surface area contributed by atoms with Crippen LogP contribution in [0.4, 0.5) is 5.13 Å². The molecule has 0 aromatic carbocycles. The van der Waals surface area contributed by atoms with E-state index < -0.39 is 0 Å². The lowest BCUT2D eigenvalue weighted by atomic mass is 10.3. The number of thiazole rings is 1. The van der Waals surface area contributed by atoms with Crippen LogP contribution < -0.4 is 4.90 Å². The largest absolute Gasteiger partial charge is 0.300 e. The first-order valence-electron chi connectivity index (χ1n) is 7.54. The highest BCUT2D eigenvalue weighted by molar-refractivity contribution is 7.17. The molecule has 122 valence electrons. The van der Waals surface area contributed by atoms with Crippen molar-refractivity contribution in [3.05, 3.63) is 34.9 Å². The zero-order valence-corrected chi connectivity index (χ0v) is 13.9. The molecule has 0 saturated heterocycles. The second-order valence-electron chi connectivity index (χ2n) is 5.67. The van der Waals surface area contributed by atoms with Crippen LogP contribution in [-0.2, 0) is 0 Å². The monoisotopic (exact) mass is 342 g/mol. The maximum absolute atomic E-state index is 12.9. The van der Waals surface area contributed by atoms with Crippen LogP contribution in [0.1, 0.15) is 45.7 Å². The van der Waals surface area contributed by atoms with Gasteiger partial charge in [-0.1, -0.05) is 11.3 Å². The molecule has 0 aliphatic heterocycles. The minimum atomic E-state index is -0.313. The Balaban J connectivity index is 1.74. The third kappa shape index (κ3) is 2.46. The zero-order valence-electron chi connectivity index (χ0n) is 13.1. The summed E-state index contributed by atoms with van der Waals surface area (Å²) >= 11 is 1.24. The Hall–Kier alpha value is -2.68. The number of aryl methyl sites for hydroxylation is 1. The molecule has 1 fully saturated rings. The number of nitrogens with zero attached hydrogens (tertiary/aromatic N) is 6. The molecule has 0 radical (unpaired) electrons. The molecule has 3 heterocycles. The number of rotatable bonds is 4. The smallest absolute Gasteiger partial charge is 0.294 e. The van der Waals surface area contributed by atoms with Crippen molar-refractivity contribution in [2.24, 2.45) is 0 Å². The average molecular weight is 342 g/mol. The molecule has 8 nitrogen and oxygen atoms in total. The number of fused-ring (bicyclic) bond motifs is 1. The van der Waals surface area contributed by atoms with E-state index in [1.54, 1.807) is 30.3 Å². The van der Waals surface area contributed by atoms with Gasteiger partial charge in [0.2, 0.25) is 5.82 Å². The van der Waals surface area contributed by atoms with Crippen LogP contribution in [0.2, 0.25) is 0 Å². The number of ketones is 1. The van der Waals surface area contributed by atoms with E-state index in [1.165, 1.54) is 22.8 Å². The van der Waals surface area contributed by atoms with Gasteiger partial charge in [-0.05, 0) is 25.8 Å². The number of hydrogen-bond donors (Lipinski definition) is 0. The zero-order chi connectivity index (χ0) is 16.8. The number of amides is 1. The summed E-state index contributed by atoms with van der Waals surface area (Å²) < 4.78 is 1.46. The Morgan fingerprint density at radius 3 is 2.75 bits per heavy atom. The molecule has 0 atom stereocenters. The van der Waals surface area contributed by atoms with E-state index >= 15 is 0 Å². The van der Waals surface area contributed by atoms with E-state index in [9.17, 15) is 9.59 Å². The van der Waals surface area contributed by atoms with Crippen LogP contribution in [0, 0.1) is 6.92 Å². The van der Waals surface area contributed by atoms with Crippen LogP contribution in [0.15, 0.2) is 18.5 Å². The van der Waals surface area contributed by atoms with Gasteiger partial charge in [0.05, 0.1) is 10.6 Å². The summed E-state index contributed by atoms with van der Waals surface area (Å²) in [6.07, 6.45) is 5.10. The van der Waals surface area contributed by atoms with Crippen molar-refractivity contribution < 1.29 is 9.59 Å². The third-order valence-electron chi connectivity index (χ3n) is 3.75. The summed E-state index contributed by atoms with van der Waals surface area (Å²) in [5.74, 6) is 0.0931. The quantitative estimate of drug-likeness (QED) is 0.672. The van der Waals surface area contributed by atoms with E-state index in [2.05, 4.69) is 20.1 Å². The standard InChI is InChI=1S/C15H14N6O2S/c1-8-11(9(2)22)24-15(17-8)21(10-4-5-10)13(23)12-18-14-16-6-3-7-20(14)19-12/h3,6-7,10H,4-5H2,1-2H3. The Labute approximate surface area is 141 Å². The maximum atomic E-state index is 12.9. The van der Waals surface area contributed by atoms with Gasteiger partial charge in [0.25, 0.3) is 11.7 Å². The van der Waals surface area contributed by atoms with Crippen LogP contribution >= 0.6 is 11.3 Å². The van der Waals surface area contributed by atoms with Crippen molar-refractivity contribution in [2.75, 3.05) is 4.90 Å². The minimum Gasteiger partial charge on any atom is -0.294 e. The number of aromatic nitrogens is 5. The van der Waals surface area contributed by atoms with Crippen LogP contribution in [0.25, 0.3) is 5.78 Å². The molecule has 1 aliphatic rings. The van der Waals surface area contributed by atoms with Gasteiger partial charge in [-0.15, -0.1) is 5.10 Å². The van der Waals surface area contributed by atoms with Gasteiger partial charge < -0.3 is 0 Å². The molecule has 1 aliphatic carbocycles. The lowest BCUT2D eigenvalue weighted by Gasteiger charge is -2.17. The normalized spacial score (nSPS) is 14.1. The first kappa shape index (κ1) is 14.9. The van der Waals surface area contributed by atoms with E-state index in [-0.39, 0.29) is 23.6 Å². The summed E-state index contributed by atoms with van der Waals surface area (Å²) in [4.78, 5) is 39.5. The number of carbonyl (C=O) groups excluding carboxylic acids is 2. The molecule has 4 rings (SSSR count). The highest BCUT2D eigenvalue weighted by Crippen LogP contribution is 2.36. The minimum absolute atomic E-state index is 0.0468. The molecular weight excluding hydrogens is 328 g/mol. The maximum Gasteiger partial charge on any atom is 0.300 e. The molecular formula is C15H14N6O2S. The van der Waals surface area contributed by atoms with Gasteiger partial charge in [-0.25, -0.2) is 14.5 Å². The fraction of sp³-hybridized carbons (Fsp3) is 0.333. The van der Waals surface area contributed by atoms with E-state index in [0.717, 1.165) is 12.8 Å². The molecule has 1 amide bonds. The van der Waals surface area contributed by atoms with E-state index in [1.807, 2.05) is 0 Å². The molecule has 0 spiro atoms. The first-order chi connectivity index (χ1) is 11.5. The summed E-state index contributed by atoms with van der Waals surface area (Å²) in [5, 5.41) is 4.72. The molecule has 0 unspecified atom stereocenters. The number of hydrogen-bond acceptors (Lipinski definition) is 7. The van der Waals surface area contributed by atoms with Crippen molar-refractivity contribution in [1.82, 2.24) is 24.6 Å². The van der Waals surface area contributed by atoms with Crippen molar-refractivity contribution >= 4 is 33.9 Å². The second-order valence-corrected chi connectivity index (χ2v) is 6.65. The Kier molecular flexibility index (Phi) is 3.38. The number of carbonyl (C=O) groups is 2. The molecule has 9 heteroatoms. The highest BCUT2D eigenvalue weighted by atomic mass is 32.1. The SMILES string of the molecule is CC(=O)c1sc(N(C(=O)c2nc3ncccn3n2)C2CC2)nc1C. The first-order valence-corrected chi connectivity index (χ1v) is 8.35. The lowest BCUT2D eigenvalue weighted by molar-refractivity contribution is 0.0974. The Morgan fingerprint density at radius 2 is 2.12 bits per heavy atom.